The summed E-state index contributed by atoms with van der Waals surface area (Å²) in [6, 6.07) is 18.9. The Morgan fingerprint density at radius 2 is 1.82 bits per heavy atom. The Morgan fingerprint density at radius 3 is 2.53 bits per heavy atom. The molecule has 0 aliphatic heterocycles. The van der Waals surface area contributed by atoms with E-state index in [4.69, 9.17) is 9.47 Å². The van der Waals surface area contributed by atoms with Crippen molar-refractivity contribution in [3.8, 4) is 11.8 Å². The number of carbonyl (C=O) groups excluding carboxylic acids is 1. The second-order valence-electron chi connectivity index (χ2n) is 9.17. The molecule has 0 aromatic heterocycles. The van der Waals surface area contributed by atoms with Crippen molar-refractivity contribution in [2.75, 3.05) is 0 Å². The Kier molecular flexibility index (Phi) is 6.56. The smallest absolute Gasteiger partial charge is 0.337 e. The topological polar surface area (TPSA) is 96.6 Å². The third kappa shape index (κ3) is 4.74. The molecule has 0 heterocycles. The monoisotopic (exact) mass is 457 g/mol. The van der Waals surface area contributed by atoms with E-state index in [9.17, 15) is 20.0 Å². The van der Waals surface area contributed by atoms with Gasteiger partial charge in [-0.3, -0.25) is 4.79 Å². The summed E-state index contributed by atoms with van der Waals surface area (Å²) >= 11 is 0. The van der Waals surface area contributed by atoms with Crippen LogP contribution in [0.3, 0.4) is 0 Å². The van der Waals surface area contributed by atoms with E-state index in [0.29, 0.717) is 37.0 Å². The number of hydrogen-bond acceptors (Lipinski definition) is 5. The predicted octanol–water partition coefficient (Wildman–Crippen LogP) is 5.79. The molecule has 0 bridgehead atoms. The van der Waals surface area contributed by atoms with Crippen LogP contribution in [-0.2, 0) is 16.1 Å². The molecule has 174 valence electrons. The minimum atomic E-state index is -1.16. The Balaban J connectivity index is 1.38. The lowest BCUT2D eigenvalue weighted by molar-refractivity contribution is -0.159. The van der Waals surface area contributed by atoms with Crippen LogP contribution in [0.15, 0.2) is 54.6 Å². The molecule has 1 N–H and O–H groups in total. The molecule has 0 unspecified atom stereocenters. The molecule has 3 aromatic rings. The average Bonchev–Trinajstić information content (AvgIpc) is 2.84. The number of fused-ring (bicyclic) bond motifs is 1. The third-order valence-electron chi connectivity index (χ3n) is 6.73. The van der Waals surface area contributed by atoms with Crippen molar-refractivity contribution in [3.05, 3.63) is 76.9 Å². The Hall–Kier alpha value is -3.85. The van der Waals surface area contributed by atoms with Crippen molar-refractivity contribution >= 4 is 22.7 Å². The van der Waals surface area contributed by atoms with E-state index in [1.54, 1.807) is 6.92 Å². The van der Waals surface area contributed by atoms with Crippen molar-refractivity contribution in [2.45, 2.75) is 52.2 Å². The Labute approximate surface area is 198 Å². The summed E-state index contributed by atoms with van der Waals surface area (Å²) in [4.78, 5) is 24.5. The standard InChI is InChI=1S/C28H27NO5/c1-18-14-21(16-29)24(26(30)31)15-25(18)34-22-10-12-28(2,13-11-22)27(32)33-17-20-8-5-7-19-6-3-4-9-23(19)20/h3-9,14-15,22H,10-13,17H2,1-2H3,(H,30,31). The Bertz CT molecular complexity index is 1280. The minimum Gasteiger partial charge on any atom is -0.490 e. The maximum Gasteiger partial charge on any atom is 0.337 e. The first-order valence-electron chi connectivity index (χ1n) is 11.4. The lowest BCUT2D eigenvalue weighted by Gasteiger charge is -2.35. The van der Waals surface area contributed by atoms with E-state index < -0.39 is 11.4 Å². The van der Waals surface area contributed by atoms with E-state index in [2.05, 4.69) is 0 Å². The first-order valence-corrected chi connectivity index (χ1v) is 11.4. The van der Waals surface area contributed by atoms with E-state index in [-0.39, 0.29) is 29.8 Å². The molecule has 0 radical (unpaired) electrons. The van der Waals surface area contributed by atoms with Crippen LogP contribution in [0, 0.1) is 23.7 Å². The number of carboxylic acid groups (broad SMARTS) is 1. The number of esters is 1. The van der Waals surface area contributed by atoms with Crippen molar-refractivity contribution < 1.29 is 24.2 Å². The Morgan fingerprint density at radius 1 is 1.12 bits per heavy atom. The van der Waals surface area contributed by atoms with Gasteiger partial charge in [0, 0.05) is 0 Å². The molecule has 0 saturated heterocycles. The van der Waals surface area contributed by atoms with E-state index in [1.165, 1.54) is 12.1 Å². The zero-order valence-electron chi connectivity index (χ0n) is 19.3. The molecule has 34 heavy (non-hydrogen) atoms. The van der Waals surface area contributed by atoms with Crippen molar-refractivity contribution in [1.29, 1.82) is 5.26 Å². The van der Waals surface area contributed by atoms with Crippen LogP contribution in [0.1, 0.15) is 59.7 Å². The van der Waals surface area contributed by atoms with Gasteiger partial charge in [-0.25, -0.2) is 4.79 Å². The summed E-state index contributed by atoms with van der Waals surface area (Å²) in [5.41, 5.74) is 1.15. The summed E-state index contributed by atoms with van der Waals surface area (Å²) in [5, 5.41) is 20.8. The molecule has 0 atom stereocenters. The minimum absolute atomic E-state index is 0.0687. The van der Waals surface area contributed by atoms with Crippen LogP contribution >= 0.6 is 0 Å². The van der Waals surface area contributed by atoms with Gasteiger partial charge < -0.3 is 14.6 Å². The van der Waals surface area contributed by atoms with Gasteiger partial charge >= 0.3 is 11.9 Å². The molecular formula is C28H27NO5. The van der Waals surface area contributed by atoms with Gasteiger partial charge in [-0.2, -0.15) is 5.26 Å². The number of carboxylic acids is 1. The van der Waals surface area contributed by atoms with Crippen LogP contribution in [0.5, 0.6) is 5.75 Å². The predicted molar refractivity (Wildman–Crippen MR) is 128 cm³/mol. The van der Waals surface area contributed by atoms with Crippen LogP contribution in [0.4, 0.5) is 0 Å². The van der Waals surface area contributed by atoms with Gasteiger partial charge in [0.15, 0.2) is 0 Å². The maximum atomic E-state index is 13.0. The number of benzene rings is 3. The van der Waals surface area contributed by atoms with Gasteiger partial charge in [-0.1, -0.05) is 42.5 Å². The molecule has 0 amide bonds. The molecule has 4 rings (SSSR count). The number of nitriles is 1. The lowest BCUT2D eigenvalue weighted by Crippen LogP contribution is -2.37. The van der Waals surface area contributed by atoms with Gasteiger partial charge in [0.2, 0.25) is 0 Å². The van der Waals surface area contributed by atoms with E-state index in [0.717, 1.165) is 16.3 Å². The molecular weight excluding hydrogens is 430 g/mol. The van der Waals surface area contributed by atoms with E-state index >= 15 is 0 Å². The maximum absolute atomic E-state index is 13.0. The number of rotatable bonds is 6. The molecule has 0 spiro atoms. The molecule has 6 heteroatoms. The number of nitrogens with zero attached hydrogens (tertiary/aromatic N) is 1. The van der Waals surface area contributed by atoms with Crippen molar-refractivity contribution in [2.24, 2.45) is 5.41 Å². The highest BCUT2D eigenvalue weighted by Gasteiger charge is 2.39. The highest BCUT2D eigenvalue weighted by Crippen LogP contribution is 2.39. The van der Waals surface area contributed by atoms with Gasteiger partial charge in [0.25, 0.3) is 0 Å². The number of hydrogen-bond donors (Lipinski definition) is 1. The normalized spacial score (nSPS) is 19.9. The first kappa shape index (κ1) is 23.3. The number of aromatic carboxylic acids is 1. The molecule has 1 aliphatic rings. The highest BCUT2D eigenvalue weighted by atomic mass is 16.5. The van der Waals surface area contributed by atoms with Crippen LogP contribution in [0.2, 0.25) is 0 Å². The average molecular weight is 458 g/mol. The fourth-order valence-electron chi connectivity index (χ4n) is 4.55. The zero-order valence-corrected chi connectivity index (χ0v) is 19.3. The zero-order chi connectivity index (χ0) is 24.3. The van der Waals surface area contributed by atoms with Crippen LogP contribution < -0.4 is 4.74 Å². The van der Waals surface area contributed by atoms with Crippen molar-refractivity contribution in [1.82, 2.24) is 0 Å². The van der Waals surface area contributed by atoms with Gasteiger partial charge in [0.05, 0.1) is 22.6 Å². The second-order valence-corrected chi connectivity index (χ2v) is 9.17. The van der Waals surface area contributed by atoms with E-state index in [1.807, 2.05) is 55.5 Å². The number of carbonyl (C=O) groups is 2. The van der Waals surface area contributed by atoms with Gasteiger partial charge in [0.1, 0.15) is 18.4 Å². The fourth-order valence-corrected chi connectivity index (χ4v) is 4.55. The number of ether oxygens (including phenoxy) is 2. The summed E-state index contributed by atoms with van der Waals surface area (Å²) in [5.74, 6) is -0.906. The number of aryl methyl sites for hydroxylation is 1. The van der Waals surface area contributed by atoms with Gasteiger partial charge in [-0.05, 0) is 73.6 Å². The summed E-state index contributed by atoms with van der Waals surface area (Å²) in [7, 11) is 0. The third-order valence-corrected chi connectivity index (χ3v) is 6.73. The molecule has 1 fully saturated rings. The summed E-state index contributed by atoms with van der Waals surface area (Å²) in [6.07, 6.45) is 2.41. The second kappa shape index (κ2) is 9.56. The largest absolute Gasteiger partial charge is 0.490 e. The molecule has 1 aliphatic carbocycles. The van der Waals surface area contributed by atoms with Crippen LogP contribution in [-0.4, -0.2) is 23.1 Å². The SMILES string of the molecule is Cc1cc(C#N)c(C(=O)O)cc1OC1CCC(C)(C(=O)OCc2cccc3ccccc23)CC1. The molecule has 6 nitrogen and oxygen atoms in total. The van der Waals surface area contributed by atoms with Crippen LogP contribution in [0.25, 0.3) is 10.8 Å². The van der Waals surface area contributed by atoms with Gasteiger partial charge in [-0.15, -0.1) is 0 Å². The first-order chi connectivity index (χ1) is 16.3. The lowest BCUT2D eigenvalue weighted by atomic mass is 9.74. The quantitative estimate of drug-likeness (QED) is 0.471. The summed E-state index contributed by atoms with van der Waals surface area (Å²) in [6.45, 7) is 3.96. The highest BCUT2D eigenvalue weighted by molar-refractivity contribution is 5.91. The molecule has 3 aromatic carbocycles. The molecule has 1 saturated carbocycles. The fraction of sp³-hybridized carbons (Fsp3) is 0.321. The van der Waals surface area contributed by atoms with Crippen molar-refractivity contribution in [3.63, 3.8) is 0 Å². The summed E-state index contributed by atoms with van der Waals surface area (Å²) < 4.78 is 11.8.